The largest absolute Gasteiger partial charge is 0.417 e. The lowest BCUT2D eigenvalue weighted by Gasteiger charge is -2.18. The van der Waals surface area contributed by atoms with Gasteiger partial charge >= 0.3 is 6.18 Å². The van der Waals surface area contributed by atoms with Crippen LogP contribution < -0.4 is 5.14 Å². The molecule has 7 heteroatoms. The van der Waals surface area contributed by atoms with Gasteiger partial charge in [-0.3, -0.25) is 0 Å². The first-order valence-electron chi connectivity index (χ1n) is 7.57. The number of hydrogen-bond acceptors (Lipinski definition) is 2. The van der Waals surface area contributed by atoms with E-state index in [9.17, 15) is 21.6 Å². The van der Waals surface area contributed by atoms with Crippen LogP contribution in [0.3, 0.4) is 0 Å². The van der Waals surface area contributed by atoms with Crippen molar-refractivity contribution in [1.29, 1.82) is 0 Å². The van der Waals surface area contributed by atoms with Crippen LogP contribution in [0, 0.1) is 0 Å². The summed E-state index contributed by atoms with van der Waals surface area (Å²) >= 11 is 0. The van der Waals surface area contributed by atoms with Crippen LogP contribution in [0.5, 0.6) is 0 Å². The Morgan fingerprint density at radius 2 is 1.31 bits per heavy atom. The lowest BCUT2D eigenvalue weighted by Crippen LogP contribution is -2.15. The molecule has 26 heavy (non-hydrogen) atoms. The molecule has 0 saturated carbocycles. The summed E-state index contributed by atoms with van der Waals surface area (Å²) in [5.74, 6) is 0. The first-order chi connectivity index (χ1) is 12.2. The number of hydrogen-bond donors (Lipinski definition) is 1. The topological polar surface area (TPSA) is 60.2 Å². The fourth-order valence-electron chi connectivity index (χ4n) is 2.85. The molecule has 0 atom stereocenters. The minimum atomic E-state index is -4.64. The highest BCUT2D eigenvalue weighted by atomic mass is 32.2. The van der Waals surface area contributed by atoms with Crippen molar-refractivity contribution < 1.29 is 21.6 Å². The van der Waals surface area contributed by atoms with Crippen molar-refractivity contribution >= 4 is 10.0 Å². The van der Waals surface area contributed by atoms with E-state index in [2.05, 4.69) is 0 Å². The number of nitrogens with two attached hydrogens (primary N) is 1. The molecule has 3 rings (SSSR count). The maximum atomic E-state index is 13.5. The summed E-state index contributed by atoms with van der Waals surface area (Å²) in [7, 11) is -4.24. The minimum absolute atomic E-state index is 0.0610. The van der Waals surface area contributed by atoms with Gasteiger partial charge < -0.3 is 0 Å². The fraction of sp³-hybridized carbons (Fsp3) is 0.0526. The lowest BCUT2D eigenvalue weighted by atomic mass is 9.91. The summed E-state index contributed by atoms with van der Waals surface area (Å²) in [6.45, 7) is 0. The van der Waals surface area contributed by atoms with Gasteiger partial charge in [0.1, 0.15) is 0 Å². The van der Waals surface area contributed by atoms with Crippen molar-refractivity contribution in [3.8, 4) is 22.3 Å². The number of primary sulfonamides is 1. The Morgan fingerprint density at radius 3 is 1.92 bits per heavy atom. The highest BCUT2D eigenvalue weighted by Crippen LogP contribution is 2.43. The van der Waals surface area contributed by atoms with Crippen molar-refractivity contribution in [2.24, 2.45) is 5.14 Å². The van der Waals surface area contributed by atoms with Gasteiger partial charge in [-0.15, -0.1) is 0 Å². The SMILES string of the molecule is NS(=O)(=O)c1cccc(-c2ccccc2)c1-c1ccccc1C(F)(F)F. The molecule has 3 nitrogen and oxygen atoms in total. The van der Waals surface area contributed by atoms with Crippen molar-refractivity contribution in [1.82, 2.24) is 0 Å². The molecule has 0 amide bonds. The summed E-state index contributed by atoms with van der Waals surface area (Å²) in [5.41, 5.74) is -0.273. The van der Waals surface area contributed by atoms with Crippen molar-refractivity contribution in [2.75, 3.05) is 0 Å². The molecule has 2 N–H and O–H groups in total. The maximum absolute atomic E-state index is 13.5. The Bertz CT molecular complexity index is 1050. The first kappa shape index (κ1) is 18.2. The van der Waals surface area contributed by atoms with Gasteiger partial charge in [0.2, 0.25) is 10.0 Å². The van der Waals surface area contributed by atoms with Crippen LogP contribution in [0.4, 0.5) is 13.2 Å². The third-order valence-electron chi connectivity index (χ3n) is 3.92. The number of alkyl halides is 3. The first-order valence-corrected chi connectivity index (χ1v) is 9.12. The predicted octanol–water partition coefficient (Wildman–Crippen LogP) is 4.69. The molecule has 0 unspecified atom stereocenters. The van der Waals surface area contributed by atoms with Gasteiger partial charge in [-0.2, -0.15) is 13.2 Å². The Kier molecular flexibility index (Phi) is 4.60. The average Bonchev–Trinajstić information content (AvgIpc) is 2.60. The zero-order chi connectivity index (χ0) is 18.9. The van der Waals surface area contributed by atoms with Gasteiger partial charge in [-0.1, -0.05) is 60.7 Å². The smallest absolute Gasteiger partial charge is 0.225 e. The van der Waals surface area contributed by atoms with Crippen LogP contribution in [0.25, 0.3) is 22.3 Å². The second-order valence-electron chi connectivity index (χ2n) is 5.63. The second kappa shape index (κ2) is 6.59. The van der Waals surface area contributed by atoms with Crippen LogP contribution in [-0.2, 0) is 16.2 Å². The van der Waals surface area contributed by atoms with Crippen LogP contribution in [-0.4, -0.2) is 8.42 Å². The highest BCUT2D eigenvalue weighted by Gasteiger charge is 2.35. The predicted molar refractivity (Wildman–Crippen MR) is 93.7 cm³/mol. The Labute approximate surface area is 149 Å². The van der Waals surface area contributed by atoms with Crippen LogP contribution in [0.2, 0.25) is 0 Å². The monoisotopic (exact) mass is 377 g/mol. The van der Waals surface area contributed by atoms with Crippen LogP contribution in [0.1, 0.15) is 5.56 Å². The molecule has 0 heterocycles. The second-order valence-corrected chi connectivity index (χ2v) is 7.16. The third-order valence-corrected chi connectivity index (χ3v) is 4.87. The van der Waals surface area contributed by atoms with E-state index in [4.69, 9.17) is 5.14 Å². The van der Waals surface area contributed by atoms with Gasteiger partial charge in [0.15, 0.2) is 0 Å². The molecule has 0 aliphatic carbocycles. The van der Waals surface area contributed by atoms with Gasteiger partial charge in [-0.25, -0.2) is 13.6 Å². The van der Waals surface area contributed by atoms with Crippen LogP contribution >= 0.6 is 0 Å². The number of benzene rings is 3. The Balaban J connectivity index is 2.45. The molecule has 134 valence electrons. The molecule has 0 radical (unpaired) electrons. The van der Waals surface area contributed by atoms with Crippen molar-refractivity contribution in [2.45, 2.75) is 11.1 Å². The zero-order valence-electron chi connectivity index (χ0n) is 13.4. The molecule has 3 aromatic carbocycles. The van der Waals surface area contributed by atoms with E-state index in [0.29, 0.717) is 11.1 Å². The number of rotatable bonds is 3. The normalized spacial score (nSPS) is 12.2. The Hall–Kier alpha value is -2.64. The summed E-state index contributed by atoms with van der Waals surface area (Å²) in [5, 5.41) is 5.29. The average molecular weight is 377 g/mol. The van der Waals surface area contributed by atoms with E-state index in [0.717, 1.165) is 6.07 Å². The van der Waals surface area contributed by atoms with E-state index < -0.39 is 21.8 Å². The van der Waals surface area contributed by atoms with E-state index in [1.165, 1.54) is 30.3 Å². The van der Waals surface area contributed by atoms with E-state index in [-0.39, 0.29) is 16.0 Å². The fourth-order valence-corrected chi connectivity index (χ4v) is 3.63. The molecule has 0 aromatic heterocycles. The molecule has 0 spiro atoms. The summed E-state index contributed by atoms with van der Waals surface area (Å²) in [4.78, 5) is -0.351. The number of halogens is 3. The van der Waals surface area contributed by atoms with E-state index >= 15 is 0 Å². The molecule has 0 aliphatic rings. The van der Waals surface area contributed by atoms with Gasteiger partial charge in [0, 0.05) is 5.56 Å². The molecule has 0 fully saturated rings. The van der Waals surface area contributed by atoms with E-state index in [1.807, 2.05) is 0 Å². The van der Waals surface area contributed by atoms with Gasteiger partial charge in [0.05, 0.1) is 10.5 Å². The molecular weight excluding hydrogens is 363 g/mol. The van der Waals surface area contributed by atoms with E-state index in [1.54, 1.807) is 36.4 Å². The number of sulfonamides is 1. The van der Waals surface area contributed by atoms with Gasteiger partial charge in [0.25, 0.3) is 0 Å². The lowest BCUT2D eigenvalue weighted by molar-refractivity contribution is -0.137. The van der Waals surface area contributed by atoms with Gasteiger partial charge in [-0.05, 0) is 28.8 Å². The highest BCUT2D eigenvalue weighted by molar-refractivity contribution is 7.89. The quantitative estimate of drug-likeness (QED) is 0.720. The molecular formula is C19H14F3NO2S. The molecule has 0 aliphatic heterocycles. The maximum Gasteiger partial charge on any atom is 0.417 e. The van der Waals surface area contributed by atoms with Crippen LogP contribution in [0.15, 0.2) is 77.7 Å². The molecule has 0 bridgehead atoms. The zero-order valence-corrected chi connectivity index (χ0v) is 14.2. The summed E-state index contributed by atoms with van der Waals surface area (Å²) in [6.07, 6.45) is -4.64. The summed E-state index contributed by atoms with van der Waals surface area (Å²) < 4.78 is 64.7. The molecule has 3 aromatic rings. The minimum Gasteiger partial charge on any atom is -0.225 e. The molecule has 0 saturated heterocycles. The van der Waals surface area contributed by atoms with Crippen molar-refractivity contribution in [3.05, 3.63) is 78.4 Å². The summed E-state index contributed by atoms with van der Waals surface area (Å²) in [6, 6.07) is 17.7. The van der Waals surface area contributed by atoms with Crippen molar-refractivity contribution in [3.63, 3.8) is 0 Å². The Morgan fingerprint density at radius 1 is 0.731 bits per heavy atom. The third kappa shape index (κ3) is 3.49. The standard InChI is InChI=1S/C19H14F3NO2S/c20-19(21,22)16-11-5-4-9-15(16)18-14(13-7-2-1-3-8-13)10-6-12-17(18)26(23,24)25/h1-12H,(H2,23,24,25).